The average molecular weight is 282 g/mol. The van der Waals surface area contributed by atoms with Crippen LogP contribution in [-0.4, -0.2) is 44.1 Å². The summed E-state index contributed by atoms with van der Waals surface area (Å²) in [6.45, 7) is 1.03. The number of methoxy groups -OCH3 is 1. The summed E-state index contributed by atoms with van der Waals surface area (Å²) in [5, 5.41) is 19.5. The maximum Gasteiger partial charge on any atom is 0.231 e. The third-order valence-corrected chi connectivity index (χ3v) is 3.91. The van der Waals surface area contributed by atoms with E-state index < -0.39 is 5.23 Å². The summed E-state index contributed by atoms with van der Waals surface area (Å²) >= 11 is 0. The van der Waals surface area contributed by atoms with Crippen molar-refractivity contribution in [1.29, 1.82) is 0 Å². The van der Waals surface area contributed by atoms with Crippen molar-refractivity contribution in [2.45, 2.75) is 12.5 Å². The number of benzene rings is 1. The standard InChI is InChI=1S/C13H18N2O5/c1-14-4-3-8-5-10-12(20-7-19-10)13(18-2)11(8)9(14)6-15(16)17/h5,9,15-16H,3-4,6-7H2,1-2H3. The van der Waals surface area contributed by atoms with Crippen molar-refractivity contribution < 1.29 is 24.6 Å². The van der Waals surface area contributed by atoms with Crippen molar-refractivity contribution in [3.05, 3.63) is 22.4 Å². The summed E-state index contributed by atoms with van der Waals surface area (Å²) in [4.78, 5) is 2.04. The molecule has 0 spiro atoms. The molecule has 1 aromatic rings. The second-order valence-electron chi connectivity index (χ2n) is 5.06. The Morgan fingerprint density at radius 1 is 1.55 bits per heavy atom. The Hall–Kier alpha value is -1.54. The van der Waals surface area contributed by atoms with Crippen LogP contribution in [0.3, 0.4) is 0 Å². The van der Waals surface area contributed by atoms with E-state index in [0.717, 1.165) is 24.1 Å². The normalized spacial score (nSPS) is 22.5. The van der Waals surface area contributed by atoms with Crippen molar-refractivity contribution in [2.75, 3.05) is 34.0 Å². The summed E-state index contributed by atoms with van der Waals surface area (Å²) in [5.41, 5.74) is 1.99. The predicted molar refractivity (Wildman–Crippen MR) is 69.2 cm³/mol. The Balaban J connectivity index is 2.12. The number of likely N-dealkylation sites (N-methyl/N-ethyl adjacent to an activating group) is 1. The molecule has 0 saturated heterocycles. The minimum atomic E-state index is -0.825. The van der Waals surface area contributed by atoms with E-state index in [2.05, 4.69) is 0 Å². The highest BCUT2D eigenvalue weighted by atomic mass is 16.8. The van der Waals surface area contributed by atoms with E-state index in [9.17, 15) is 5.21 Å². The van der Waals surface area contributed by atoms with Crippen LogP contribution in [0.1, 0.15) is 17.2 Å². The lowest BCUT2D eigenvalue weighted by atomic mass is 9.91. The van der Waals surface area contributed by atoms with E-state index in [1.807, 2.05) is 18.0 Å². The number of hydrogen-bond acceptors (Lipinski definition) is 6. The zero-order valence-electron chi connectivity index (χ0n) is 11.5. The number of ether oxygens (including phenoxy) is 3. The van der Waals surface area contributed by atoms with E-state index in [4.69, 9.17) is 19.4 Å². The van der Waals surface area contributed by atoms with Crippen LogP contribution in [0.25, 0.3) is 0 Å². The monoisotopic (exact) mass is 282 g/mol. The number of quaternary nitrogens is 1. The molecule has 0 aromatic heterocycles. The minimum Gasteiger partial charge on any atom is -0.600 e. The molecule has 0 amide bonds. The van der Waals surface area contributed by atoms with Crippen molar-refractivity contribution in [3.63, 3.8) is 0 Å². The Morgan fingerprint density at radius 2 is 2.35 bits per heavy atom. The van der Waals surface area contributed by atoms with Gasteiger partial charge in [-0.1, -0.05) is 0 Å². The second-order valence-corrected chi connectivity index (χ2v) is 5.06. The van der Waals surface area contributed by atoms with Crippen LogP contribution in [0.2, 0.25) is 0 Å². The van der Waals surface area contributed by atoms with Gasteiger partial charge in [0.1, 0.15) is 6.54 Å². The first-order valence-corrected chi connectivity index (χ1v) is 6.53. The van der Waals surface area contributed by atoms with Gasteiger partial charge in [0.05, 0.1) is 13.2 Å². The van der Waals surface area contributed by atoms with Gasteiger partial charge in [0.25, 0.3) is 0 Å². The SMILES string of the molecule is COc1c2c(cc3c1C(C[NH+]([O-])O)N(C)CC3)OCO2. The van der Waals surface area contributed by atoms with E-state index >= 15 is 0 Å². The van der Waals surface area contributed by atoms with Gasteiger partial charge < -0.3 is 19.4 Å². The predicted octanol–water partition coefficient (Wildman–Crippen LogP) is -0.275. The summed E-state index contributed by atoms with van der Waals surface area (Å²) in [6, 6.07) is 1.74. The Kier molecular flexibility index (Phi) is 3.43. The van der Waals surface area contributed by atoms with Crippen LogP contribution in [0.15, 0.2) is 6.07 Å². The van der Waals surface area contributed by atoms with Crippen LogP contribution in [0.5, 0.6) is 17.2 Å². The lowest BCUT2D eigenvalue weighted by molar-refractivity contribution is -1.05. The van der Waals surface area contributed by atoms with E-state index in [0.29, 0.717) is 17.2 Å². The molecule has 110 valence electrons. The maximum atomic E-state index is 11.1. The zero-order valence-corrected chi connectivity index (χ0v) is 11.5. The molecule has 2 N–H and O–H groups in total. The molecule has 0 radical (unpaired) electrons. The fourth-order valence-electron chi connectivity index (χ4n) is 2.95. The lowest BCUT2D eigenvalue weighted by Crippen LogP contribution is -3.05. The van der Waals surface area contributed by atoms with Gasteiger partial charge in [-0.25, -0.2) is 10.4 Å². The number of fused-ring (bicyclic) bond motifs is 2. The Labute approximate surface area is 116 Å². The highest BCUT2D eigenvalue weighted by molar-refractivity contribution is 5.61. The van der Waals surface area contributed by atoms with Crippen LogP contribution >= 0.6 is 0 Å². The number of nitrogens with one attached hydrogen (secondary N) is 1. The summed E-state index contributed by atoms with van der Waals surface area (Å²) in [5.74, 6) is 1.86. The molecule has 2 aliphatic heterocycles. The van der Waals surface area contributed by atoms with E-state index in [-0.39, 0.29) is 19.4 Å². The summed E-state index contributed by atoms with van der Waals surface area (Å²) in [7, 11) is 3.50. The van der Waals surface area contributed by atoms with Crippen LogP contribution in [0, 0.1) is 5.21 Å². The van der Waals surface area contributed by atoms with Gasteiger partial charge in [-0.3, -0.25) is 4.90 Å². The molecule has 1 aromatic carbocycles. The lowest BCUT2D eigenvalue weighted by Gasteiger charge is -2.36. The van der Waals surface area contributed by atoms with Gasteiger partial charge in [-0.15, -0.1) is 0 Å². The molecule has 2 heterocycles. The second kappa shape index (κ2) is 5.10. The van der Waals surface area contributed by atoms with E-state index in [1.165, 1.54) is 0 Å². The molecular formula is C13H18N2O5. The number of hydroxylamine groups is 2. The Morgan fingerprint density at radius 3 is 3.05 bits per heavy atom. The van der Waals surface area contributed by atoms with Gasteiger partial charge in [-0.05, 0) is 25.1 Å². The average Bonchev–Trinajstić information content (AvgIpc) is 2.87. The highest BCUT2D eigenvalue weighted by Gasteiger charge is 2.35. The number of rotatable bonds is 3. The molecule has 2 atom stereocenters. The van der Waals surface area contributed by atoms with Gasteiger partial charge in [0, 0.05) is 12.1 Å². The van der Waals surface area contributed by atoms with E-state index in [1.54, 1.807) is 7.11 Å². The van der Waals surface area contributed by atoms with Gasteiger partial charge in [-0.2, -0.15) is 0 Å². The molecular weight excluding hydrogens is 264 g/mol. The third-order valence-electron chi connectivity index (χ3n) is 3.91. The van der Waals surface area contributed by atoms with Crippen LogP contribution in [-0.2, 0) is 6.42 Å². The highest BCUT2D eigenvalue weighted by Crippen LogP contribution is 2.48. The molecule has 2 aliphatic rings. The molecule has 20 heavy (non-hydrogen) atoms. The zero-order chi connectivity index (χ0) is 14.3. The summed E-state index contributed by atoms with van der Waals surface area (Å²) in [6.07, 6.45) is 0.842. The summed E-state index contributed by atoms with van der Waals surface area (Å²) < 4.78 is 16.4. The molecule has 0 fully saturated rings. The quantitative estimate of drug-likeness (QED) is 0.743. The van der Waals surface area contributed by atoms with Gasteiger partial charge in [0.15, 0.2) is 11.5 Å². The molecule has 3 rings (SSSR count). The number of hydrogen-bond donors (Lipinski definition) is 2. The fourth-order valence-corrected chi connectivity index (χ4v) is 2.95. The third kappa shape index (κ3) is 2.08. The largest absolute Gasteiger partial charge is 0.600 e. The first-order chi connectivity index (χ1) is 9.61. The van der Waals surface area contributed by atoms with Crippen molar-refractivity contribution in [2.24, 2.45) is 0 Å². The smallest absolute Gasteiger partial charge is 0.231 e. The van der Waals surface area contributed by atoms with Gasteiger partial charge in [0.2, 0.25) is 12.5 Å². The van der Waals surface area contributed by atoms with Crippen molar-refractivity contribution >= 4 is 0 Å². The molecule has 0 aliphatic carbocycles. The molecule has 0 bridgehead atoms. The van der Waals surface area contributed by atoms with Gasteiger partial charge >= 0.3 is 0 Å². The molecule has 0 saturated carbocycles. The first-order valence-electron chi connectivity index (χ1n) is 6.53. The molecule has 7 nitrogen and oxygen atoms in total. The van der Waals surface area contributed by atoms with Crippen molar-refractivity contribution in [1.82, 2.24) is 4.90 Å². The minimum absolute atomic E-state index is 0.0412. The molecule has 2 unspecified atom stereocenters. The first kappa shape index (κ1) is 13.4. The fraction of sp³-hybridized carbons (Fsp3) is 0.538. The van der Waals surface area contributed by atoms with Crippen LogP contribution < -0.4 is 19.4 Å². The van der Waals surface area contributed by atoms with Crippen LogP contribution in [0.4, 0.5) is 0 Å². The van der Waals surface area contributed by atoms with Crippen molar-refractivity contribution in [3.8, 4) is 17.2 Å². The maximum absolute atomic E-state index is 11.1. The Bertz CT molecular complexity index is 520. The molecule has 7 heteroatoms. The number of nitrogens with zero attached hydrogens (tertiary/aromatic N) is 1. The topological polar surface area (TPSA) is 78.7 Å².